The van der Waals surface area contributed by atoms with Gasteiger partial charge in [-0.15, -0.1) is 18.2 Å². The van der Waals surface area contributed by atoms with Crippen LogP contribution in [0.5, 0.6) is 0 Å². The third-order valence-corrected chi connectivity index (χ3v) is 17.2. The smallest absolute Gasteiger partial charge is 0 e. The Balaban J connectivity index is 0.000000257. The van der Waals surface area contributed by atoms with Gasteiger partial charge in [0.25, 0.3) is 0 Å². The van der Waals surface area contributed by atoms with Crippen LogP contribution in [0.1, 0.15) is 53.0 Å². The predicted octanol–water partition coefficient (Wildman–Crippen LogP) is 17.0. The van der Waals surface area contributed by atoms with Gasteiger partial charge in [-0.2, -0.15) is 0 Å². The molecule has 0 saturated carbocycles. The molecule has 0 spiro atoms. The Morgan fingerprint density at radius 1 is 0.662 bits per heavy atom. The molecule has 0 fully saturated rings. The van der Waals surface area contributed by atoms with Crippen LogP contribution in [0.15, 0.2) is 193 Å². The maximum Gasteiger partial charge on any atom is 0 e. The van der Waals surface area contributed by atoms with E-state index in [9.17, 15) is 4.39 Å². The molecule has 0 amide bonds. The largest absolute Gasteiger partial charge is 0 e. The molecule has 8 aromatic carbocycles. The van der Waals surface area contributed by atoms with Gasteiger partial charge in [0.1, 0.15) is 11.4 Å². The zero-order valence-electron chi connectivity index (χ0n) is 42.4. The van der Waals surface area contributed by atoms with Gasteiger partial charge >= 0.3 is 120 Å². The molecule has 355 valence electrons. The Morgan fingerprint density at radius 2 is 1.30 bits per heavy atom. The Morgan fingerprint density at radius 3 is 1.92 bits per heavy atom. The number of halogens is 1. The Kier molecular flexibility index (Phi) is 13.6. The Labute approximate surface area is 434 Å². The number of hydrogen-bond acceptors (Lipinski definition) is 3. The number of para-hydroxylation sites is 2. The first-order valence-corrected chi connectivity index (χ1v) is 31.3. The molecule has 4 nitrogen and oxygen atoms in total. The topological polar surface area (TPSA) is 43.9 Å². The SMILES string of the molecule is CC(C)(C)c1cc(-c2ccccc2)c(-n2c(-c3[c-]ccc4c3oc3cc(-c5ccc(F)cc5)ccc34)nc3ccccc32)c(-c2ccccc2)c1.[2H]C(C)(C)c1cc(-c2[c-]cccc2)nc[c]1[Ge]([CH3])([CH3])[CH3].[Ir]. The van der Waals surface area contributed by atoms with Crippen molar-refractivity contribution in [1.82, 2.24) is 14.5 Å². The average molecular weight is 1170 g/mol. The van der Waals surface area contributed by atoms with Crippen molar-refractivity contribution in [1.29, 1.82) is 0 Å². The fraction of sp³-hybridized carbons (Fsp3) is 0.156. The van der Waals surface area contributed by atoms with Crippen molar-refractivity contribution < 1.29 is 30.3 Å². The predicted molar refractivity (Wildman–Crippen MR) is 293 cm³/mol. The second-order valence-electron chi connectivity index (χ2n) is 20.2. The van der Waals surface area contributed by atoms with E-state index in [1.54, 1.807) is 12.1 Å². The summed E-state index contributed by atoms with van der Waals surface area (Å²) in [5.41, 5.74) is 15.7. The van der Waals surface area contributed by atoms with Crippen molar-refractivity contribution in [3.63, 3.8) is 0 Å². The van der Waals surface area contributed by atoms with E-state index in [0.717, 1.165) is 94.7 Å². The van der Waals surface area contributed by atoms with Gasteiger partial charge < -0.3 is 8.98 Å². The maximum atomic E-state index is 13.7. The van der Waals surface area contributed by atoms with E-state index in [1.165, 1.54) is 22.1 Å². The Bertz CT molecular complexity index is 3640. The summed E-state index contributed by atoms with van der Waals surface area (Å²) in [6.07, 6.45) is 2.00. The third-order valence-electron chi connectivity index (χ3n) is 13.0. The summed E-state index contributed by atoms with van der Waals surface area (Å²) in [6.45, 7) is 10.7. The summed E-state index contributed by atoms with van der Waals surface area (Å²) in [5.74, 6) is 6.94. The van der Waals surface area contributed by atoms with Crippen molar-refractivity contribution in [3.05, 3.63) is 217 Å². The zero-order chi connectivity index (χ0) is 49.7. The van der Waals surface area contributed by atoms with Gasteiger partial charge in [0.2, 0.25) is 0 Å². The summed E-state index contributed by atoms with van der Waals surface area (Å²) in [5, 5.41) is 1.98. The first-order chi connectivity index (χ1) is 34.0. The van der Waals surface area contributed by atoms with Gasteiger partial charge in [-0.1, -0.05) is 129 Å². The number of rotatable bonds is 8. The normalized spacial score (nSPS) is 12.1. The van der Waals surface area contributed by atoms with Crippen LogP contribution in [0.25, 0.3) is 94.7 Å². The molecule has 3 aromatic heterocycles. The summed E-state index contributed by atoms with van der Waals surface area (Å²) < 4.78 is 32.5. The zero-order valence-corrected chi connectivity index (χ0v) is 45.9. The van der Waals surface area contributed by atoms with E-state index in [0.29, 0.717) is 5.58 Å². The van der Waals surface area contributed by atoms with E-state index >= 15 is 0 Å². The number of fused-ring (bicyclic) bond motifs is 4. The molecule has 0 aliphatic carbocycles. The maximum absolute atomic E-state index is 13.7. The van der Waals surface area contributed by atoms with Crippen LogP contribution in [0, 0.1) is 17.9 Å². The van der Waals surface area contributed by atoms with Crippen LogP contribution in [0.3, 0.4) is 0 Å². The Hall–Kier alpha value is -6.70. The van der Waals surface area contributed by atoms with Crippen molar-refractivity contribution in [2.24, 2.45) is 0 Å². The fourth-order valence-electron chi connectivity index (χ4n) is 9.30. The molecule has 0 aliphatic heterocycles. The average Bonchev–Trinajstić information content (AvgIpc) is 3.95. The molecule has 1 radical (unpaired) electrons. The van der Waals surface area contributed by atoms with Gasteiger partial charge in [-0.25, -0.2) is 4.39 Å². The van der Waals surface area contributed by atoms with E-state index in [-0.39, 0.29) is 31.3 Å². The van der Waals surface area contributed by atoms with Gasteiger partial charge in [0, 0.05) is 36.6 Å². The molecule has 0 saturated heterocycles. The van der Waals surface area contributed by atoms with E-state index in [2.05, 4.69) is 175 Å². The number of benzene rings is 8. The van der Waals surface area contributed by atoms with Gasteiger partial charge in [-0.05, 0) is 75.7 Å². The second kappa shape index (κ2) is 20.2. The second-order valence-corrected chi connectivity index (χ2v) is 30.8. The van der Waals surface area contributed by atoms with E-state index in [4.69, 9.17) is 10.8 Å². The summed E-state index contributed by atoms with van der Waals surface area (Å²) in [7, 11) is 0. The van der Waals surface area contributed by atoms with Gasteiger partial charge in [0.05, 0.1) is 28.1 Å². The first kappa shape index (κ1) is 48.0. The van der Waals surface area contributed by atoms with Gasteiger partial charge in [-0.3, -0.25) is 4.98 Å². The van der Waals surface area contributed by atoms with E-state index < -0.39 is 19.2 Å². The summed E-state index contributed by atoms with van der Waals surface area (Å²) >= 11 is -2.03. The van der Waals surface area contributed by atoms with Crippen LogP contribution in [0.2, 0.25) is 17.3 Å². The molecule has 0 bridgehead atoms. The minimum absolute atomic E-state index is 0. The number of pyridine rings is 1. The van der Waals surface area contributed by atoms with Crippen LogP contribution in [-0.4, -0.2) is 27.8 Å². The number of nitrogens with zero attached hydrogens (tertiary/aromatic N) is 3. The molecule has 11 rings (SSSR count). The van der Waals surface area contributed by atoms with Gasteiger partial charge in [0.15, 0.2) is 0 Å². The minimum Gasteiger partial charge on any atom is 0 e. The molecule has 0 N–H and O–H groups in total. The van der Waals surface area contributed by atoms with Crippen LogP contribution in [0.4, 0.5) is 4.39 Å². The quantitative estimate of drug-likeness (QED) is 0.112. The summed E-state index contributed by atoms with van der Waals surface area (Å²) in [4.78, 5) is 9.95. The number of imidazole rings is 1. The van der Waals surface area contributed by atoms with Crippen molar-refractivity contribution >= 4 is 50.6 Å². The van der Waals surface area contributed by atoms with E-state index in [1.807, 2.05) is 62.5 Å². The number of hydrogen-bond donors (Lipinski definition) is 0. The third kappa shape index (κ3) is 9.99. The molecule has 7 heteroatoms. The van der Waals surface area contributed by atoms with Crippen LogP contribution in [-0.2, 0) is 25.5 Å². The number of furan rings is 1. The summed E-state index contributed by atoms with van der Waals surface area (Å²) in [6, 6.07) is 67.7. The molecule has 11 aromatic rings. The molecule has 0 unspecified atom stereocenters. The fourth-order valence-corrected chi connectivity index (χ4v) is 12.6. The van der Waals surface area contributed by atoms with Crippen LogP contribution < -0.4 is 4.40 Å². The van der Waals surface area contributed by atoms with Crippen molar-refractivity contribution in [2.45, 2.75) is 63.2 Å². The molecular weight excluding hydrogens is 1110 g/mol. The minimum atomic E-state index is -2.03. The molecular formula is C64H56FGeIrN3O-2. The molecule has 0 aliphatic rings. The van der Waals surface area contributed by atoms with Crippen LogP contribution >= 0.6 is 0 Å². The molecule has 71 heavy (non-hydrogen) atoms. The van der Waals surface area contributed by atoms with Crippen molar-refractivity contribution in [3.8, 4) is 61.7 Å². The molecule has 3 heterocycles. The monoisotopic (exact) mass is 1170 g/mol. The number of aromatic nitrogens is 3. The van der Waals surface area contributed by atoms with Crippen molar-refractivity contribution in [2.75, 3.05) is 0 Å². The first-order valence-electron chi connectivity index (χ1n) is 24.4. The molecule has 0 atom stereocenters. The standard InChI is InChI=1S/C47H34FN2O.C17H22GeN.Ir/c1-47(2,3)34-28-39(31-13-6-4-7-14-31)44(40(29-34)32-15-8-5-9-16-32)50-42-20-11-10-19-41(42)49-46(50)38-18-12-17-37-36-26-23-33(27-43(36)51-45(37)38)30-21-24-35(48)25-22-30;1-13(2)15-11-17(14-9-7-6-8-10-14)19-12-16(15)18(3,4)5;/h4-17,19-29H,1-3H3;6-9,11-13H,1-5H3;/q2*-1;/i;13D;.